The van der Waals surface area contributed by atoms with Gasteiger partial charge in [-0.25, -0.2) is 0 Å². The highest BCUT2D eigenvalue weighted by atomic mass is 16.5. The molecule has 0 spiro atoms. The van der Waals surface area contributed by atoms with E-state index in [1.807, 2.05) is 6.20 Å². The van der Waals surface area contributed by atoms with Crippen molar-refractivity contribution in [1.29, 1.82) is 0 Å². The lowest BCUT2D eigenvalue weighted by atomic mass is 10.1. The molecule has 1 saturated heterocycles. The van der Waals surface area contributed by atoms with Gasteiger partial charge in [-0.15, -0.1) is 0 Å². The molecule has 0 saturated carbocycles. The summed E-state index contributed by atoms with van der Waals surface area (Å²) in [6.07, 6.45) is 2.28. The Balaban J connectivity index is 1.61. The molecule has 1 N–H and O–H groups in total. The lowest BCUT2D eigenvalue weighted by Crippen LogP contribution is -2.52. The van der Waals surface area contributed by atoms with Crippen molar-refractivity contribution in [3.8, 4) is 0 Å². The number of aryl methyl sites for hydroxylation is 2. The standard InChI is InChI=1S/C20H25N3O/c1-14-5-7-17(8-6-14)10-21-16(3)19-9-15(2)20(11-22-19)23-12-18(13-23)24-4/h5-9,11,18,21H,3,10,12-13H2,1-2,4H3. The van der Waals surface area contributed by atoms with Crippen LogP contribution in [0.1, 0.15) is 22.4 Å². The number of benzene rings is 1. The highest BCUT2D eigenvalue weighted by molar-refractivity contribution is 5.63. The molecule has 1 aromatic carbocycles. The summed E-state index contributed by atoms with van der Waals surface area (Å²) in [5, 5.41) is 3.36. The summed E-state index contributed by atoms with van der Waals surface area (Å²) in [4.78, 5) is 6.87. The van der Waals surface area contributed by atoms with Crippen LogP contribution >= 0.6 is 0 Å². The molecule has 126 valence electrons. The minimum absolute atomic E-state index is 0.343. The first kappa shape index (κ1) is 16.5. The summed E-state index contributed by atoms with van der Waals surface area (Å²) < 4.78 is 5.33. The van der Waals surface area contributed by atoms with Gasteiger partial charge in [0.1, 0.15) is 0 Å². The van der Waals surface area contributed by atoms with Crippen molar-refractivity contribution in [2.75, 3.05) is 25.1 Å². The van der Waals surface area contributed by atoms with Crippen molar-refractivity contribution in [2.24, 2.45) is 0 Å². The van der Waals surface area contributed by atoms with Crippen molar-refractivity contribution >= 4 is 11.4 Å². The molecule has 3 rings (SSSR count). The van der Waals surface area contributed by atoms with Gasteiger partial charge in [0.25, 0.3) is 0 Å². The van der Waals surface area contributed by atoms with Crippen LogP contribution in [0.25, 0.3) is 5.70 Å². The number of pyridine rings is 1. The fourth-order valence-electron chi connectivity index (χ4n) is 2.83. The minimum atomic E-state index is 0.343. The van der Waals surface area contributed by atoms with E-state index in [1.54, 1.807) is 7.11 Å². The lowest BCUT2D eigenvalue weighted by molar-refractivity contribution is 0.0787. The maximum atomic E-state index is 5.33. The third-order valence-corrected chi connectivity index (χ3v) is 4.54. The normalized spacial score (nSPS) is 14.4. The molecule has 4 nitrogen and oxygen atoms in total. The lowest BCUT2D eigenvalue weighted by Gasteiger charge is -2.40. The van der Waals surface area contributed by atoms with Crippen LogP contribution in [-0.2, 0) is 11.3 Å². The molecular weight excluding hydrogens is 298 g/mol. The van der Waals surface area contributed by atoms with Crippen LogP contribution in [0.15, 0.2) is 43.1 Å². The topological polar surface area (TPSA) is 37.4 Å². The fraction of sp³-hybridized carbons (Fsp3) is 0.350. The number of nitrogens with one attached hydrogen (secondary N) is 1. The number of aromatic nitrogens is 1. The SMILES string of the molecule is C=C(NCc1ccc(C)cc1)c1cc(C)c(N2CC(OC)C2)cn1. The molecule has 0 unspecified atom stereocenters. The Labute approximate surface area is 144 Å². The first-order valence-electron chi connectivity index (χ1n) is 8.30. The highest BCUT2D eigenvalue weighted by Crippen LogP contribution is 2.26. The number of hydrogen-bond acceptors (Lipinski definition) is 4. The van der Waals surface area contributed by atoms with Crippen molar-refractivity contribution < 1.29 is 4.74 Å². The number of hydrogen-bond donors (Lipinski definition) is 1. The summed E-state index contributed by atoms with van der Waals surface area (Å²) in [6, 6.07) is 10.6. The average molecular weight is 323 g/mol. The van der Waals surface area contributed by atoms with E-state index >= 15 is 0 Å². The zero-order valence-corrected chi connectivity index (χ0v) is 14.7. The molecule has 0 aliphatic carbocycles. The summed E-state index contributed by atoms with van der Waals surface area (Å²) in [6.45, 7) is 11.0. The Morgan fingerprint density at radius 2 is 2.00 bits per heavy atom. The molecule has 0 atom stereocenters. The monoisotopic (exact) mass is 323 g/mol. The van der Waals surface area contributed by atoms with E-state index in [-0.39, 0.29) is 0 Å². The van der Waals surface area contributed by atoms with E-state index in [9.17, 15) is 0 Å². The molecule has 2 heterocycles. The first-order valence-corrected chi connectivity index (χ1v) is 8.30. The largest absolute Gasteiger partial charge is 0.380 e. The van der Waals surface area contributed by atoms with Gasteiger partial charge in [-0.05, 0) is 31.0 Å². The predicted octanol–water partition coefficient (Wildman–Crippen LogP) is 3.29. The van der Waals surface area contributed by atoms with Gasteiger partial charge in [0.15, 0.2) is 0 Å². The van der Waals surface area contributed by atoms with Crippen LogP contribution < -0.4 is 10.2 Å². The Morgan fingerprint density at radius 1 is 1.29 bits per heavy atom. The Bertz CT molecular complexity index is 718. The van der Waals surface area contributed by atoms with E-state index in [4.69, 9.17) is 4.74 Å². The number of methoxy groups -OCH3 is 1. The first-order chi connectivity index (χ1) is 11.6. The minimum Gasteiger partial charge on any atom is -0.380 e. The van der Waals surface area contributed by atoms with Crippen LogP contribution in [0, 0.1) is 13.8 Å². The zero-order chi connectivity index (χ0) is 17.1. The molecule has 4 heteroatoms. The van der Waals surface area contributed by atoms with Crippen LogP contribution in [0.5, 0.6) is 0 Å². The smallest absolute Gasteiger partial charge is 0.0920 e. The van der Waals surface area contributed by atoms with E-state index in [0.29, 0.717) is 6.10 Å². The maximum absolute atomic E-state index is 5.33. The van der Waals surface area contributed by atoms with Gasteiger partial charge in [0, 0.05) is 26.7 Å². The number of nitrogens with zero attached hydrogens (tertiary/aromatic N) is 2. The van der Waals surface area contributed by atoms with Gasteiger partial charge in [0.2, 0.25) is 0 Å². The van der Waals surface area contributed by atoms with Gasteiger partial charge in [0.05, 0.1) is 29.4 Å². The summed E-state index contributed by atoms with van der Waals surface area (Å²) in [7, 11) is 1.76. The third-order valence-electron chi connectivity index (χ3n) is 4.54. The molecule has 2 aromatic rings. The molecule has 1 fully saturated rings. The van der Waals surface area contributed by atoms with Crippen molar-refractivity contribution in [1.82, 2.24) is 10.3 Å². The van der Waals surface area contributed by atoms with Gasteiger partial charge in [-0.2, -0.15) is 0 Å². The zero-order valence-electron chi connectivity index (χ0n) is 14.7. The van der Waals surface area contributed by atoms with E-state index in [1.165, 1.54) is 22.4 Å². The van der Waals surface area contributed by atoms with E-state index in [2.05, 4.69) is 66.0 Å². The van der Waals surface area contributed by atoms with Crippen molar-refractivity contribution in [3.63, 3.8) is 0 Å². The summed E-state index contributed by atoms with van der Waals surface area (Å²) in [5.74, 6) is 0. The summed E-state index contributed by atoms with van der Waals surface area (Å²) >= 11 is 0. The molecule has 24 heavy (non-hydrogen) atoms. The maximum Gasteiger partial charge on any atom is 0.0920 e. The molecular formula is C20H25N3O. The second-order valence-corrected chi connectivity index (χ2v) is 6.44. The molecule has 0 bridgehead atoms. The average Bonchev–Trinajstić information content (AvgIpc) is 2.54. The second-order valence-electron chi connectivity index (χ2n) is 6.44. The van der Waals surface area contributed by atoms with Crippen LogP contribution in [0.2, 0.25) is 0 Å². The molecule has 1 aromatic heterocycles. The van der Waals surface area contributed by atoms with Gasteiger partial charge in [-0.1, -0.05) is 36.4 Å². The molecule has 0 radical (unpaired) electrons. The van der Waals surface area contributed by atoms with Gasteiger partial charge >= 0.3 is 0 Å². The summed E-state index contributed by atoms with van der Waals surface area (Å²) in [5.41, 5.74) is 6.65. The molecule has 0 amide bonds. The number of anilines is 1. The van der Waals surface area contributed by atoms with E-state index < -0.39 is 0 Å². The van der Waals surface area contributed by atoms with Crippen LogP contribution in [0.4, 0.5) is 5.69 Å². The number of rotatable bonds is 6. The van der Waals surface area contributed by atoms with Crippen LogP contribution in [-0.4, -0.2) is 31.3 Å². The van der Waals surface area contributed by atoms with Gasteiger partial charge in [-0.3, -0.25) is 4.98 Å². The Hall–Kier alpha value is -2.33. The second kappa shape index (κ2) is 7.05. The van der Waals surface area contributed by atoms with Gasteiger partial charge < -0.3 is 15.0 Å². The molecule has 1 aliphatic heterocycles. The van der Waals surface area contributed by atoms with E-state index in [0.717, 1.165) is 31.0 Å². The Morgan fingerprint density at radius 3 is 2.62 bits per heavy atom. The highest BCUT2D eigenvalue weighted by Gasteiger charge is 2.27. The fourth-order valence-corrected chi connectivity index (χ4v) is 2.83. The predicted molar refractivity (Wildman–Crippen MR) is 99.0 cm³/mol. The van der Waals surface area contributed by atoms with Crippen molar-refractivity contribution in [3.05, 3.63) is 65.5 Å². The molecule has 1 aliphatic rings. The quantitative estimate of drug-likeness (QED) is 0.885. The number of ether oxygens (including phenoxy) is 1. The van der Waals surface area contributed by atoms with Crippen LogP contribution in [0.3, 0.4) is 0 Å². The Kier molecular flexibility index (Phi) is 4.86. The third kappa shape index (κ3) is 3.60. The van der Waals surface area contributed by atoms with Crippen molar-refractivity contribution in [2.45, 2.75) is 26.5 Å².